The highest BCUT2D eigenvalue weighted by Gasteiger charge is 1.95. The van der Waals surface area contributed by atoms with Gasteiger partial charge in [0.2, 0.25) is 0 Å². The molecule has 0 aromatic heterocycles. The lowest BCUT2D eigenvalue weighted by Gasteiger charge is -2.05. The normalized spacial score (nSPS) is 20.2. The Kier molecular flexibility index (Phi) is 4.82. The fourth-order valence-corrected chi connectivity index (χ4v) is 1.66. The van der Waals surface area contributed by atoms with E-state index in [2.05, 4.69) is 25.2 Å². The summed E-state index contributed by atoms with van der Waals surface area (Å²) in [5.74, 6) is 0. The summed E-state index contributed by atoms with van der Waals surface area (Å²) in [4.78, 5) is 0. The summed E-state index contributed by atoms with van der Waals surface area (Å²) in [6.07, 6.45) is 16.2. The molecule has 0 saturated carbocycles. The van der Waals surface area contributed by atoms with Crippen LogP contribution in [-0.2, 0) is 0 Å². The SMILES string of the molecule is CCC1=CCCC=CCCCC1. The Balaban J connectivity index is 2.40. The molecular formula is C12H20. The van der Waals surface area contributed by atoms with Gasteiger partial charge in [-0.2, -0.15) is 0 Å². The molecule has 1 rings (SSSR count). The van der Waals surface area contributed by atoms with Gasteiger partial charge in [0, 0.05) is 0 Å². The van der Waals surface area contributed by atoms with Gasteiger partial charge >= 0.3 is 0 Å². The third kappa shape index (κ3) is 3.75. The van der Waals surface area contributed by atoms with Gasteiger partial charge in [0.05, 0.1) is 0 Å². The Bertz CT molecular complexity index is 163. The Morgan fingerprint density at radius 1 is 1.08 bits per heavy atom. The summed E-state index contributed by atoms with van der Waals surface area (Å²) in [6.45, 7) is 2.27. The molecule has 0 fully saturated rings. The molecule has 0 bridgehead atoms. The van der Waals surface area contributed by atoms with Crippen molar-refractivity contribution in [1.82, 2.24) is 0 Å². The molecule has 12 heavy (non-hydrogen) atoms. The summed E-state index contributed by atoms with van der Waals surface area (Å²) >= 11 is 0. The first-order valence-corrected chi connectivity index (χ1v) is 5.26. The van der Waals surface area contributed by atoms with Crippen molar-refractivity contribution in [3.63, 3.8) is 0 Å². The van der Waals surface area contributed by atoms with Crippen molar-refractivity contribution in [2.24, 2.45) is 0 Å². The Hall–Kier alpha value is -0.520. The molecule has 0 radical (unpaired) electrons. The quantitative estimate of drug-likeness (QED) is 0.509. The van der Waals surface area contributed by atoms with Crippen molar-refractivity contribution in [3.8, 4) is 0 Å². The summed E-state index contributed by atoms with van der Waals surface area (Å²) in [5, 5.41) is 0. The molecule has 0 N–H and O–H groups in total. The lowest BCUT2D eigenvalue weighted by atomic mass is 10.0. The predicted molar refractivity (Wildman–Crippen MR) is 55.2 cm³/mol. The van der Waals surface area contributed by atoms with E-state index in [-0.39, 0.29) is 0 Å². The highest BCUT2D eigenvalue weighted by Crippen LogP contribution is 2.15. The van der Waals surface area contributed by atoms with Gasteiger partial charge in [-0.25, -0.2) is 0 Å². The molecule has 68 valence electrons. The van der Waals surface area contributed by atoms with E-state index < -0.39 is 0 Å². The van der Waals surface area contributed by atoms with Crippen LogP contribution in [0.1, 0.15) is 51.9 Å². The standard InChI is InChI=1S/C12H20/c1-2-12-10-8-6-4-3-5-7-9-11-12/h3-4,10H,2,5-9,11H2,1H3. The molecule has 1 aliphatic rings. The van der Waals surface area contributed by atoms with Crippen molar-refractivity contribution in [2.45, 2.75) is 51.9 Å². The Labute approximate surface area is 76.4 Å². The van der Waals surface area contributed by atoms with E-state index in [1.807, 2.05) is 0 Å². The molecule has 0 nitrogen and oxygen atoms in total. The number of rotatable bonds is 1. The molecule has 0 heterocycles. The van der Waals surface area contributed by atoms with E-state index in [1.54, 1.807) is 5.57 Å². The predicted octanol–water partition coefficient (Wildman–Crippen LogP) is 4.23. The van der Waals surface area contributed by atoms with Crippen LogP contribution in [-0.4, -0.2) is 0 Å². The summed E-state index contributed by atoms with van der Waals surface area (Å²) < 4.78 is 0. The van der Waals surface area contributed by atoms with Gasteiger partial charge in [0.15, 0.2) is 0 Å². The van der Waals surface area contributed by atoms with Crippen molar-refractivity contribution in [1.29, 1.82) is 0 Å². The second-order valence-corrected chi connectivity index (χ2v) is 3.51. The molecule has 0 aliphatic heterocycles. The van der Waals surface area contributed by atoms with Gasteiger partial charge in [0.1, 0.15) is 0 Å². The fourth-order valence-electron chi connectivity index (χ4n) is 1.66. The van der Waals surface area contributed by atoms with Gasteiger partial charge in [-0.15, -0.1) is 0 Å². The van der Waals surface area contributed by atoms with Gasteiger partial charge in [-0.1, -0.05) is 30.7 Å². The van der Waals surface area contributed by atoms with Crippen molar-refractivity contribution < 1.29 is 0 Å². The van der Waals surface area contributed by atoms with Crippen molar-refractivity contribution in [2.75, 3.05) is 0 Å². The largest absolute Gasteiger partial charge is 0.0885 e. The molecule has 0 atom stereocenters. The van der Waals surface area contributed by atoms with E-state index in [1.165, 1.54) is 44.9 Å². The topological polar surface area (TPSA) is 0 Å². The van der Waals surface area contributed by atoms with Gasteiger partial charge in [-0.05, 0) is 44.9 Å². The fraction of sp³-hybridized carbons (Fsp3) is 0.667. The van der Waals surface area contributed by atoms with Crippen LogP contribution in [0.2, 0.25) is 0 Å². The van der Waals surface area contributed by atoms with Crippen LogP contribution in [0.3, 0.4) is 0 Å². The molecule has 0 unspecified atom stereocenters. The minimum atomic E-state index is 1.24. The zero-order valence-corrected chi connectivity index (χ0v) is 8.18. The van der Waals surface area contributed by atoms with Crippen molar-refractivity contribution >= 4 is 0 Å². The molecule has 0 heteroatoms. The monoisotopic (exact) mass is 164 g/mol. The minimum Gasteiger partial charge on any atom is -0.0885 e. The maximum absolute atomic E-state index is 2.44. The highest BCUT2D eigenvalue weighted by molar-refractivity contribution is 5.02. The molecule has 0 aromatic rings. The lowest BCUT2D eigenvalue weighted by Crippen LogP contribution is -1.85. The van der Waals surface area contributed by atoms with E-state index >= 15 is 0 Å². The molecule has 0 saturated heterocycles. The molecular weight excluding hydrogens is 144 g/mol. The van der Waals surface area contributed by atoms with Gasteiger partial charge < -0.3 is 0 Å². The third-order valence-electron chi connectivity index (χ3n) is 2.51. The maximum Gasteiger partial charge on any atom is -0.0313 e. The Morgan fingerprint density at radius 2 is 1.92 bits per heavy atom. The maximum atomic E-state index is 2.44. The summed E-state index contributed by atoms with van der Waals surface area (Å²) in [5.41, 5.74) is 1.67. The van der Waals surface area contributed by atoms with Crippen LogP contribution in [0.25, 0.3) is 0 Å². The van der Waals surface area contributed by atoms with Crippen LogP contribution in [0.5, 0.6) is 0 Å². The van der Waals surface area contributed by atoms with Crippen LogP contribution in [0.15, 0.2) is 23.8 Å². The average molecular weight is 164 g/mol. The summed E-state index contributed by atoms with van der Waals surface area (Å²) in [7, 11) is 0. The number of hydrogen-bond donors (Lipinski definition) is 0. The van der Waals surface area contributed by atoms with Crippen LogP contribution < -0.4 is 0 Å². The van der Waals surface area contributed by atoms with Crippen LogP contribution in [0, 0.1) is 0 Å². The zero-order valence-electron chi connectivity index (χ0n) is 8.18. The molecule has 0 amide bonds. The first-order valence-electron chi connectivity index (χ1n) is 5.26. The first-order chi connectivity index (χ1) is 5.93. The lowest BCUT2D eigenvalue weighted by molar-refractivity contribution is 0.718. The third-order valence-corrected chi connectivity index (χ3v) is 2.51. The molecule has 1 aliphatic carbocycles. The average Bonchev–Trinajstić information content (AvgIpc) is 2.14. The van der Waals surface area contributed by atoms with Crippen LogP contribution in [0.4, 0.5) is 0 Å². The first kappa shape index (κ1) is 9.57. The van der Waals surface area contributed by atoms with Gasteiger partial charge in [-0.3, -0.25) is 0 Å². The zero-order chi connectivity index (χ0) is 8.65. The van der Waals surface area contributed by atoms with E-state index in [4.69, 9.17) is 0 Å². The van der Waals surface area contributed by atoms with E-state index in [0.29, 0.717) is 0 Å². The minimum absolute atomic E-state index is 1.24. The molecule has 0 spiro atoms. The highest BCUT2D eigenvalue weighted by atomic mass is 14.0. The second kappa shape index (κ2) is 6.05. The molecule has 0 aromatic carbocycles. The van der Waals surface area contributed by atoms with Crippen molar-refractivity contribution in [3.05, 3.63) is 23.8 Å². The van der Waals surface area contributed by atoms with Crippen LogP contribution >= 0.6 is 0 Å². The van der Waals surface area contributed by atoms with Gasteiger partial charge in [0.25, 0.3) is 0 Å². The van der Waals surface area contributed by atoms with E-state index in [0.717, 1.165) is 0 Å². The summed E-state index contributed by atoms with van der Waals surface area (Å²) in [6, 6.07) is 0. The second-order valence-electron chi connectivity index (χ2n) is 3.51. The number of hydrogen-bond acceptors (Lipinski definition) is 0. The van der Waals surface area contributed by atoms with E-state index in [9.17, 15) is 0 Å². The Morgan fingerprint density at radius 3 is 2.75 bits per heavy atom. The smallest absolute Gasteiger partial charge is 0.0313 e. The number of allylic oxidation sites excluding steroid dienone is 4.